The predicted octanol–water partition coefficient (Wildman–Crippen LogP) is 4.46. The number of likely N-dealkylation sites (tertiary alicyclic amines) is 1. The van der Waals surface area contributed by atoms with Crippen LogP contribution in [0, 0.1) is 5.92 Å². The van der Waals surface area contributed by atoms with Crippen molar-refractivity contribution in [2.75, 3.05) is 13.2 Å². The molecule has 2 N–H and O–H groups in total. The number of nitrogens with one attached hydrogen (secondary N) is 1. The van der Waals surface area contributed by atoms with E-state index in [9.17, 15) is 24.3 Å². The number of Topliss-reactive ketones (excluding diaryl/α,β-unsaturated/α-hetero) is 1. The Morgan fingerprint density at radius 3 is 1.90 bits per heavy atom. The molecule has 4 aromatic carbocycles. The van der Waals surface area contributed by atoms with Crippen molar-refractivity contribution < 1.29 is 29.0 Å². The third-order valence-corrected chi connectivity index (χ3v) is 12.9. The lowest BCUT2D eigenvalue weighted by Crippen LogP contribution is -2.68. The Balaban J connectivity index is 1.76. The molecule has 0 unspecified atom stereocenters. The van der Waals surface area contributed by atoms with Crippen LogP contribution in [0.2, 0.25) is 0 Å². The van der Waals surface area contributed by atoms with Crippen LogP contribution in [0.15, 0.2) is 128 Å². The van der Waals surface area contributed by atoms with E-state index in [1.165, 1.54) is 24.0 Å². The van der Waals surface area contributed by atoms with Gasteiger partial charge < -0.3 is 20.1 Å². The Morgan fingerprint density at radius 2 is 1.41 bits per heavy atom. The molecule has 0 aromatic heterocycles. The summed E-state index contributed by atoms with van der Waals surface area (Å²) in [6.07, 6.45) is 0.933. The summed E-state index contributed by atoms with van der Waals surface area (Å²) >= 11 is 0. The number of ketones is 1. The maximum absolute atomic E-state index is 14.6. The number of ether oxygens (including phenoxy) is 1. The fourth-order valence-corrected chi connectivity index (χ4v) is 10.8. The first-order valence-electron chi connectivity index (χ1n) is 16.4. The van der Waals surface area contributed by atoms with Crippen molar-refractivity contribution in [2.45, 2.75) is 38.8 Å². The molecule has 2 amide bonds. The lowest BCUT2D eigenvalue weighted by Gasteiger charge is -2.50. The van der Waals surface area contributed by atoms with E-state index >= 15 is 0 Å². The van der Waals surface area contributed by atoms with Crippen molar-refractivity contribution in [2.24, 2.45) is 5.92 Å². The lowest BCUT2D eigenvalue weighted by atomic mass is 9.79. The van der Waals surface area contributed by atoms with Crippen molar-refractivity contribution in [1.29, 1.82) is 0 Å². The summed E-state index contributed by atoms with van der Waals surface area (Å²) in [5, 5.41) is 16.1. The number of hydrogen-bond acceptors (Lipinski definition) is 6. The zero-order valence-electron chi connectivity index (χ0n) is 27.7. The average Bonchev–Trinajstić information content (AvgIpc) is 3.13. The first-order valence-corrected chi connectivity index (χ1v) is 18.2. The third kappa shape index (κ3) is 7.07. The maximum Gasteiger partial charge on any atom is 0.356 e. The van der Waals surface area contributed by atoms with Crippen molar-refractivity contribution >= 4 is 51.8 Å². The monoisotopic (exact) mass is 676 g/mol. The first kappa shape index (κ1) is 35.3. The fraction of sp³-hybridized carbons (Fsp3) is 0.225. The first-order chi connectivity index (χ1) is 23.7. The molecular formula is C40H41N2O6P. The second-order valence-electron chi connectivity index (χ2n) is 11.9. The van der Waals surface area contributed by atoms with Gasteiger partial charge in [-0.2, -0.15) is 0 Å². The van der Waals surface area contributed by atoms with Crippen LogP contribution in [0.1, 0.15) is 47.4 Å². The van der Waals surface area contributed by atoms with Gasteiger partial charge in [0.05, 0.1) is 18.1 Å². The number of carbonyl (C=O) groups is 4. The molecule has 5 rings (SSSR count). The number of aliphatic hydroxyl groups is 1. The van der Waals surface area contributed by atoms with Gasteiger partial charge in [0.1, 0.15) is 12.0 Å². The molecule has 1 aliphatic heterocycles. The third-order valence-electron chi connectivity index (χ3n) is 8.66. The number of esters is 1. The topological polar surface area (TPSA) is 113 Å². The van der Waals surface area contributed by atoms with E-state index in [1.54, 1.807) is 18.2 Å². The SMILES string of the molecule is C=CCOC(=O)C(N1C(=O)[C@H]([C@@H](C)O)[C@H]1CC(=O)c1cccc(C(=O)NCCC)c1)=P(c1ccccc1)(c1ccccc1)c1ccccc1. The van der Waals surface area contributed by atoms with Crippen molar-refractivity contribution in [3.63, 3.8) is 0 Å². The average molecular weight is 677 g/mol. The summed E-state index contributed by atoms with van der Waals surface area (Å²) in [6, 6.07) is 34.3. The summed E-state index contributed by atoms with van der Waals surface area (Å²) in [6.45, 7) is 4.39. The molecule has 0 bridgehead atoms. The van der Waals surface area contributed by atoms with Crippen LogP contribution in [-0.2, 0) is 14.3 Å². The van der Waals surface area contributed by atoms with Gasteiger partial charge in [0.25, 0.3) is 5.91 Å². The van der Waals surface area contributed by atoms with Gasteiger partial charge in [-0.05, 0) is 41.4 Å². The molecule has 8 nitrogen and oxygen atoms in total. The minimum atomic E-state index is -3.19. The molecule has 4 aromatic rings. The Bertz CT molecular complexity index is 1770. The van der Waals surface area contributed by atoms with E-state index in [2.05, 4.69) is 11.9 Å². The minimum Gasteiger partial charge on any atom is -0.457 e. The van der Waals surface area contributed by atoms with Crippen LogP contribution in [0.25, 0.3) is 0 Å². The van der Waals surface area contributed by atoms with Crippen LogP contribution >= 0.6 is 6.89 Å². The zero-order chi connectivity index (χ0) is 35.0. The van der Waals surface area contributed by atoms with E-state index < -0.39 is 36.8 Å². The van der Waals surface area contributed by atoms with E-state index in [4.69, 9.17) is 4.74 Å². The standard InChI is InChI=1S/C40H41N2O6P/c1-4-24-41-37(45)30-17-15-16-29(26-30)35(44)27-34-36(28(3)43)38(46)42(34)39(40(47)48-25-5-2)49(31-18-9-6-10-19-31,32-20-11-7-12-21-32)33-22-13-8-14-23-33/h5-23,26,28,34,36,43H,2,4,24-25,27H2,1,3H3,(H,41,45)/t28-,34-,36-/m1/s1. The van der Waals surface area contributed by atoms with E-state index in [-0.39, 0.29) is 30.1 Å². The molecule has 0 saturated carbocycles. The van der Waals surface area contributed by atoms with Crippen molar-refractivity contribution in [3.05, 3.63) is 139 Å². The number of rotatable bonds is 14. The van der Waals surface area contributed by atoms with E-state index in [0.717, 1.165) is 22.3 Å². The van der Waals surface area contributed by atoms with Crippen LogP contribution in [0.4, 0.5) is 0 Å². The highest BCUT2D eigenvalue weighted by Gasteiger charge is 2.55. The fourth-order valence-electron chi connectivity index (χ4n) is 6.42. The lowest BCUT2D eigenvalue weighted by molar-refractivity contribution is -0.157. The molecule has 1 aliphatic rings. The highest BCUT2D eigenvalue weighted by molar-refractivity contribution is 7.96. The second kappa shape index (κ2) is 15.9. The molecule has 0 radical (unpaired) electrons. The van der Waals surface area contributed by atoms with Gasteiger partial charge in [0.15, 0.2) is 5.78 Å². The van der Waals surface area contributed by atoms with Crippen LogP contribution in [0.3, 0.4) is 0 Å². The second-order valence-corrected chi connectivity index (χ2v) is 15.2. The van der Waals surface area contributed by atoms with Gasteiger partial charge in [-0.3, -0.25) is 14.4 Å². The largest absolute Gasteiger partial charge is 0.457 e. The molecule has 0 spiro atoms. The normalized spacial score (nSPS) is 16.2. The molecule has 252 valence electrons. The number of aliphatic hydroxyl groups excluding tert-OH is 1. The Morgan fingerprint density at radius 1 is 0.878 bits per heavy atom. The molecule has 0 aliphatic carbocycles. The van der Waals surface area contributed by atoms with Crippen LogP contribution in [0.5, 0.6) is 0 Å². The molecule has 1 saturated heterocycles. The molecule has 49 heavy (non-hydrogen) atoms. The zero-order valence-corrected chi connectivity index (χ0v) is 28.6. The predicted molar refractivity (Wildman–Crippen MR) is 195 cm³/mol. The van der Waals surface area contributed by atoms with Gasteiger partial charge in [0.2, 0.25) is 5.91 Å². The molecule has 3 atom stereocenters. The Labute approximate surface area is 287 Å². The van der Waals surface area contributed by atoms with Gasteiger partial charge in [-0.15, -0.1) is 0 Å². The molecule has 1 heterocycles. The summed E-state index contributed by atoms with van der Waals surface area (Å²) in [5.41, 5.74) is 0.750. The summed E-state index contributed by atoms with van der Waals surface area (Å²) in [4.78, 5) is 57.0. The van der Waals surface area contributed by atoms with Gasteiger partial charge in [0, 0.05) is 31.0 Å². The maximum atomic E-state index is 14.6. The quantitative estimate of drug-likeness (QED) is 0.0671. The number of hydrogen-bond donors (Lipinski definition) is 2. The van der Waals surface area contributed by atoms with Crippen LogP contribution < -0.4 is 21.2 Å². The molecule has 9 heteroatoms. The number of amides is 2. The molecular weight excluding hydrogens is 635 g/mol. The molecule has 1 fully saturated rings. The Kier molecular flexibility index (Phi) is 11.4. The van der Waals surface area contributed by atoms with E-state index in [0.29, 0.717) is 17.7 Å². The minimum absolute atomic E-state index is 0.0982. The Hall–Kier alpha value is -5.04. The van der Waals surface area contributed by atoms with Crippen LogP contribution in [-0.4, -0.2) is 64.3 Å². The number of carbonyl (C=O) groups excluding carboxylic acids is 4. The highest BCUT2D eigenvalue weighted by Crippen LogP contribution is 2.50. The number of β-lactam (4-membered cyclic amide) rings is 1. The van der Waals surface area contributed by atoms with Crippen molar-refractivity contribution in [3.8, 4) is 0 Å². The van der Waals surface area contributed by atoms with E-state index in [1.807, 2.05) is 97.9 Å². The van der Waals surface area contributed by atoms with Gasteiger partial charge in [-0.25, -0.2) is 4.79 Å². The van der Waals surface area contributed by atoms with Gasteiger partial charge in [-0.1, -0.05) is 123 Å². The smallest absolute Gasteiger partial charge is 0.356 e. The number of nitrogens with zero attached hydrogens (tertiary/aromatic N) is 1. The summed E-state index contributed by atoms with van der Waals surface area (Å²) in [7, 11) is 0. The summed E-state index contributed by atoms with van der Waals surface area (Å²) in [5.74, 6) is -2.76. The van der Waals surface area contributed by atoms with Gasteiger partial charge >= 0.3 is 5.97 Å². The number of benzene rings is 4. The highest BCUT2D eigenvalue weighted by atomic mass is 31.2. The summed E-state index contributed by atoms with van der Waals surface area (Å²) < 4.78 is 5.78. The van der Waals surface area contributed by atoms with Crippen molar-refractivity contribution in [1.82, 2.24) is 10.2 Å².